The molecule has 1 aliphatic heterocycles. The van der Waals surface area contributed by atoms with Crippen LogP contribution >= 0.6 is 0 Å². The number of ether oxygens (including phenoxy) is 1. The van der Waals surface area contributed by atoms with Crippen molar-refractivity contribution in [3.05, 3.63) is 62.6 Å². The van der Waals surface area contributed by atoms with Crippen LogP contribution in [0.25, 0.3) is 11.0 Å². The first kappa shape index (κ1) is 24.9. The van der Waals surface area contributed by atoms with Crippen molar-refractivity contribution in [1.29, 1.82) is 0 Å². The topological polar surface area (TPSA) is 133 Å². The molecule has 35 heavy (non-hydrogen) atoms. The Balaban J connectivity index is 1.35. The number of amides is 1. The van der Waals surface area contributed by atoms with Crippen LogP contribution in [0.5, 0.6) is 0 Å². The zero-order valence-electron chi connectivity index (χ0n) is 19.7. The van der Waals surface area contributed by atoms with Gasteiger partial charge in [-0.15, -0.1) is 0 Å². The zero-order chi connectivity index (χ0) is 25.2. The normalized spacial score (nSPS) is 14.9. The fraction of sp³-hybridized carbons (Fsp3) is 0.435. The predicted octanol–water partition coefficient (Wildman–Crippen LogP) is 0.143. The van der Waals surface area contributed by atoms with Crippen LogP contribution in [0, 0.1) is 0 Å². The number of morpholine rings is 1. The maximum Gasteiger partial charge on any atom is 0.316 e. The van der Waals surface area contributed by atoms with E-state index in [4.69, 9.17) is 9.15 Å². The Morgan fingerprint density at radius 3 is 2.34 bits per heavy atom. The lowest BCUT2D eigenvalue weighted by Gasteiger charge is -2.25. The average Bonchev–Trinajstić information content (AvgIpc) is 3.31. The summed E-state index contributed by atoms with van der Waals surface area (Å²) in [7, 11) is -0.930. The number of aryl methyl sites for hydroxylation is 2. The molecule has 12 heteroatoms. The number of nitrogens with zero attached hydrogens (tertiary/aromatic N) is 3. The fourth-order valence-corrected chi connectivity index (χ4v) is 5.21. The molecular formula is C23H28N4O7S. The van der Waals surface area contributed by atoms with E-state index < -0.39 is 32.6 Å². The minimum Gasteiger partial charge on any atom is -0.463 e. The van der Waals surface area contributed by atoms with Crippen molar-refractivity contribution in [2.45, 2.75) is 24.4 Å². The summed E-state index contributed by atoms with van der Waals surface area (Å²) in [6.45, 7) is 3.90. The highest BCUT2D eigenvalue weighted by Crippen LogP contribution is 2.18. The number of hydrogen-bond donors (Lipinski definition) is 1. The number of benzene rings is 1. The molecule has 0 saturated carbocycles. The van der Waals surface area contributed by atoms with Crippen LogP contribution in [0.3, 0.4) is 0 Å². The molecule has 3 heterocycles. The molecule has 0 bridgehead atoms. The third kappa shape index (κ3) is 5.55. The first-order valence-corrected chi connectivity index (χ1v) is 12.9. The molecule has 0 radical (unpaired) electrons. The number of carbonyl (C=O) groups is 1. The van der Waals surface area contributed by atoms with Crippen molar-refractivity contribution in [1.82, 2.24) is 19.4 Å². The SMILES string of the molecule is Cn1c(=O)c(=O)n(C)c2cc(S(=O)(=O)CCC(=O)NCc3ccc(CN4CCOCC4)o3)ccc21. The lowest BCUT2D eigenvalue weighted by atomic mass is 10.3. The number of nitrogens with one attached hydrogen (secondary N) is 1. The second-order valence-electron chi connectivity index (χ2n) is 8.48. The van der Waals surface area contributed by atoms with Crippen LogP contribution in [-0.4, -0.2) is 60.4 Å². The molecule has 0 aliphatic carbocycles. The number of fused-ring (bicyclic) bond motifs is 1. The van der Waals surface area contributed by atoms with E-state index >= 15 is 0 Å². The molecule has 1 aliphatic rings. The number of sulfone groups is 1. The summed E-state index contributed by atoms with van der Waals surface area (Å²) in [4.78, 5) is 38.5. The first-order chi connectivity index (χ1) is 16.7. The van der Waals surface area contributed by atoms with E-state index in [0.717, 1.165) is 23.4 Å². The van der Waals surface area contributed by atoms with Gasteiger partial charge in [0.25, 0.3) is 0 Å². The number of aromatic nitrogens is 2. The Labute approximate surface area is 201 Å². The molecule has 1 N–H and O–H groups in total. The van der Waals surface area contributed by atoms with Gasteiger partial charge in [0.2, 0.25) is 5.91 Å². The Hall–Kier alpha value is -3.22. The predicted molar refractivity (Wildman–Crippen MR) is 128 cm³/mol. The molecule has 2 aromatic heterocycles. The van der Waals surface area contributed by atoms with Gasteiger partial charge in [-0.25, -0.2) is 8.42 Å². The summed E-state index contributed by atoms with van der Waals surface area (Å²) in [5.41, 5.74) is -0.703. The number of hydrogen-bond acceptors (Lipinski definition) is 8. The summed E-state index contributed by atoms with van der Waals surface area (Å²) in [5.74, 6) is 0.563. The highest BCUT2D eigenvalue weighted by atomic mass is 32.2. The molecule has 11 nitrogen and oxygen atoms in total. The van der Waals surface area contributed by atoms with Gasteiger partial charge in [0.1, 0.15) is 11.5 Å². The van der Waals surface area contributed by atoms with Gasteiger partial charge in [0, 0.05) is 33.6 Å². The van der Waals surface area contributed by atoms with E-state index in [2.05, 4.69) is 10.2 Å². The second kappa shape index (κ2) is 10.2. The van der Waals surface area contributed by atoms with Crippen LogP contribution in [0.2, 0.25) is 0 Å². The van der Waals surface area contributed by atoms with Gasteiger partial charge in [-0.05, 0) is 30.3 Å². The molecule has 1 fully saturated rings. The molecular weight excluding hydrogens is 476 g/mol. The van der Waals surface area contributed by atoms with Crippen LogP contribution in [0.15, 0.2) is 49.2 Å². The molecule has 0 atom stereocenters. The van der Waals surface area contributed by atoms with Gasteiger partial charge in [-0.2, -0.15) is 0 Å². The van der Waals surface area contributed by atoms with Crippen molar-refractivity contribution in [3.8, 4) is 0 Å². The Morgan fingerprint density at radius 2 is 1.63 bits per heavy atom. The molecule has 0 spiro atoms. The first-order valence-electron chi connectivity index (χ1n) is 11.2. The highest BCUT2D eigenvalue weighted by Gasteiger charge is 2.19. The second-order valence-corrected chi connectivity index (χ2v) is 10.6. The molecule has 4 rings (SSSR count). The third-order valence-corrected chi connectivity index (χ3v) is 7.79. The number of carbonyl (C=O) groups excluding carboxylic acids is 1. The minimum atomic E-state index is -3.80. The van der Waals surface area contributed by atoms with Gasteiger partial charge < -0.3 is 23.6 Å². The molecule has 0 unspecified atom stereocenters. The summed E-state index contributed by atoms with van der Waals surface area (Å²) < 4.78 is 39.1. The van der Waals surface area contributed by atoms with E-state index in [1.54, 1.807) is 6.07 Å². The van der Waals surface area contributed by atoms with Crippen LogP contribution in [0.4, 0.5) is 0 Å². The van der Waals surface area contributed by atoms with Crippen molar-refractivity contribution in [2.24, 2.45) is 14.1 Å². The summed E-state index contributed by atoms with van der Waals surface area (Å²) in [5, 5.41) is 2.69. The van der Waals surface area contributed by atoms with E-state index in [1.807, 2.05) is 6.07 Å². The van der Waals surface area contributed by atoms with Gasteiger partial charge in [0.05, 0.1) is 48.0 Å². The van der Waals surface area contributed by atoms with Gasteiger partial charge in [0.15, 0.2) is 9.84 Å². The Kier molecular flexibility index (Phi) is 7.24. The third-order valence-electron chi connectivity index (χ3n) is 6.08. The maximum absolute atomic E-state index is 12.8. The summed E-state index contributed by atoms with van der Waals surface area (Å²) in [6, 6.07) is 7.86. The van der Waals surface area contributed by atoms with E-state index in [1.165, 1.54) is 36.9 Å². The van der Waals surface area contributed by atoms with Gasteiger partial charge in [-0.1, -0.05) is 0 Å². The van der Waals surface area contributed by atoms with Gasteiger partial charge >= 0.3 is 11.1 Å². The molecule has 1 saturated heterocycles. The van der Waals surface area contributed by atoms with Crippen LogP contribution in [-0.2, 0) is 46.6 Å². The summed E-state index contributed by atoms with van der Waals surface area (Å²) >= 11 is 0. The molecule has 1 amide bonds. The van der Waals surface area contributed by atoms with E-state index in [-0.39, 0.29) is 17.9 Å². The largest absolute Gasteiger partial charge is 0.463 e. The van der Waals surface area contributed by atoms with Crippen molar-refractivity contribution in [2.75, 3.05) is 32.1 Å². The summed E-state index contributed by atoms with van der Waals surface area (Å²) in [6.07, 6.45) is -0.228. The fourth-order valence-electron chi connectivity index (χ4n) is 3.96. The quantitative estimate of drug-likeness (QED) is 0.429. The molecule has 188 valence electrons. The minimum absolute atomic E-state index is 0.0229. The lowest BCUT2D eigenvalue weighted by Crippen LogP contribution is -2.39. The zero-order valence-corrected chi connectivity index (χ0v) is 20.5. The van der Waals surface area contributed by atoms with Crippen LogP contribution < -0.4 is 16.4 Å². The van der Waals surface area contributed by atoms with Crippen LogP contribution in [0.1, 0.15) is 17.9 Å². The monoisotopic (exact) mass is 504 g/mol. The van der Waals surface area contributed by atoms with Crippen molar-refractivity contribution < 1.29 is 22.4 Å². The standard InChI is InChI=1S/C23H28N4O7S/c1-25-19-6-5-18(13-20(19)26(2)23(30)22(25)29)35(31,32)12-7-21(28)24-14-16-3-4-17(34-16)15-27-8-10-33-11-9-27/h3-6,13H,7-12,14-15H2,1-2H3,(H,24,28). The number of furan rings is 1. The lowest BCUT2D eigenvalue weighted by molar-refractivity contribution is -0.120. The van der Waals surface area contributed by atoms with E-state index in [0.29, 0.717) is 36.6 Å². The highest BCUT2D eigenvalue weighted by molar-refractivity contribution is 7.91. The molecule has 3 aromatic rings. The maximum atomic E-state index is 12.8. The Morgan fingerprint density at radius 1 is 0.971 bits per heavy atom. The van der Waals surface area contributed by atoms with Crippen molar-refractivity contribution >= 4 is 26.8 Å². The average molecular weight is 505 g/mol. The molecule has 1 aromatic carbocycles. The van der Waals surface area contributed by atoms with Crippen molar-refractivity contribution in [3.63, 3.8) is 0 Å². The Bertz CT molecular complexity index is 1460. The number of rotatable bonds is 8. The smallest absolute Gasteiger partial charge is 0.316 e. The van der Waals surface area contributed by atoms with E-state index in [9.17, 15) is 22.8 Å². The van der Waals surface area contributed by atoms with Gasteiger partial charge in [-0.3, -0.25) is 19.3 Å².